The normalized spacial score (nSPS) is 11.0. The van der Waals surface area contributed by atoms with Gasteiger partial charge in [0.15, 0.2) is 5.75 Å². The van der Waals surface area contributed by atoms with Crippen molar-refractivity contribution >= 4 is 67.3 Å². The summed E-state index contributed by atoms with van der Waals surface area (Å²) in [5, 5.41) is 9.01. The van der Waals surface area contributed by atoms with Crippen molar-refractivity contribution in [3.63, 3.8) is 0 Å². The van der Waals surface area contributed by atoms with Gasteiger partial charge in [-0.05, 0) is 75.0 Å². The van der Waals surface area contributed by atoms with Crippen LogP contribution in [0.15, 0.2) is 47.9 Å². The second-order valence-corrected chi connectivity index (χ2v) is 8.26. The number of halogens is 2. The smallest absolute Gasteiger partial charge is 0.339 e. The molecule has 5 nitrogen and oxygen atoms in total. The third-order valence-corrected chi connectivity index (χ3v) is 5.68. The first kappa shape index (κ1) is 18.2. The average molecular weight is 556 g/mol. The Hall–Kier alpha value is -1.14. The zero-order chi connectivity index (χ0) is 17.2. The maximum atomic E-state index is 12.4. The van der Waals surface area contributed by atoms with E-state index in [0.717, 1.165) is 5.56 Å². The first-order chi connectivity index (χ1) is 10.7. The van der Waals surface area contributed by atoms with Crippen LogP contribution < -0.4 is 4.18 Å². The van der Waals surface area contributed by atoms with Crippen molar-refractivity contribution in [2.45, 2.75) is 4.90 Å². The van der Waals surface area contributed by atoms with Crippen molar-refractivity contribution in [1.29, 1.82) is 0 Å². The van der Waals surface area contributed by atoms with Crippen LogP contribution in [0.3, 0.4) is 0 Å². The Labute approximate surface area is 160 Å². The van der Waals surface area contributed by atoms with E-state index in [1.165, 1.54) is 24.3 Å². The van der Waals surface area contributed by atoms with Gasteiger partial charge < -0.3 is 9.29 Å². The quantitative estimate of drug-likeness (QED) is 0.445. The van der Waals surface area contributed by atoms with E-state index in [2.05, 4.69) is 6.58 Å². The summed E-state index contributed by atoms with van der Waals surface area (Å²) in [6.45, 7) is 3.61. The highest BCUT2D eigenvalue weighted by Crippen LogP contribution is 2.31. The van der Waals surface area contributed by atoms with Crippen LogP contribution in [0.5, 0.6) is 5.75 Å². The minimum atomic E-state index is -4.01. The fourth-order valence-corrected chi connectivity index (χ4v) is 4.94. The Balaban J connectivity index is 2.40. The van der Waals surface area contributed by atoms with Gasteiger partial charge in [-0.15, -0.1) is 0 Å². The number of aromatic carboxylic acids is 1. The lowest BCUT2D eigenvalue weighted by atomic mass is 10.2. The molecule has 0 saturated carbocycles. The second kappa shape index (κ2) is 7.18. The van der Waals surface area contributed by atoms with Crippen LogP contribution in [-0.4, -0.2) is 19.5 Å². The molecule has 0 spiro atoms. The number of rotatable bonds is 5. The van der Waals surface area contributed by atoms with E-state index in [0.29, 0.717) is 7.14 Å². The molecule has 0 heterocycles. The Morgan fingerprint density at radius 1 is 1.13 bits per heavy atom. The molecule has 1 N–H and O–H groups in total. The number of hydrogen-bond acceptors (Lipinski definition) is 4. The van der Waals surface area contributed by atoms with E-state index in [-0.39, 0.29) is 16.2 Å². The molecule has 0 aliphatic heterocycles. The van der Waals surface area contributed by atoms with Gasteiger partial charge in [-0.2, -0.15) is 8.42 Å². The zero-order valence-corrected chi connectivity index (χ0v) is 16.6. The molecule has 0 aromatic heterocycles. The molecule has 0 aliphatic carbocycles. The summed E-state index contributed by atoms with van der Waals surface area (Å²) >= 11 is 3.69. The third-order valence-electron chi connectivity index (χ3n) is 2.84. The van der Waals surface area contributed by atoms with Gasteiger partial charge in [-0.3, -0.25) is 0 Å². The molecular formula is C15H10I2O5S. The van der Waals surface area contributed by atoms with Crippen molar-refractivity contribution in [3.05, 3.63) is 61.2 Å². The summed E-state index contributed by atoms with van der Waals surface area (Å²) in [5.41, 5.74) is 0.859. The molecular weight excluding hydrogens is 546 g/mol. The van der Waals surface area contributed by atoms with Crippen molar-refractivity contribution in [2.75, 3.05) is 0 Å². The van der Waals surface area contributed by atoms with Gasteiger partial charge in [0.2, 0.25) is 0 Å². The first-order valence-electron chi connectivity index (χ1n) is 6.14. The average Bonchev–Trinajstić information content (AvgIpc) is 2.50. The minimum absolute atomic E-state index is 0.0111. The van der Waals surface area contributed by atoms with E-state index >= 15 is 0 Å². The number of hydrogen-bond donors (Lipinski definition) is 1. The molecule has 8 heteroatoms. The van der Waals surface area contributed by atoms with Gasteiger partial charge in [-0.1, -0.05) is 24.8 Å². The van der Waals surface area contributed by atoms with Gasteiger partial charge in [-0.25, -0.2) is 4.79 Å². The van der Waals surface area contributed by atoms with Gasteiger partial charge in [0.1, 0.15) is 4.90 Å². The highest BCUT2D eigenvalue weighted by Gasteiger charge is 2.21. The summed E-state index contributed by atoms with van der Waals surface area (Å²) in [6, 6.07) is 8.81. The van der Waals surface area contributed by atoms with Crippen LogP contribution in [0.2, 0.25) is 0 Å². The topological polar surface area (TPSA) is 80.7 Å². The largest absolute Gasteiger partial charge is 0.478 e. The second-order valence-electron chi connectivity index (χ2n) is 4.38. The van der Waals surface area contributed by atoms with Gasteiger partial charge >= 0.3 is 16.1 Å². The molecule has 23 heavy (non-hydrogen) atoms. The lowest BCUT2D eigenvalue weighted by Gasteiger charge is -2.11. The van der Waals surface area contributed by atoms with Crippen LogP contribution >= 0.6 is 45.2 Å². The molecule has 0 amide bonds. The lowest BCUT2D eigenvalue weighted by molar-refractivity contribution is 0.0696. The van der Waals surface area contributed by atoms with Crippen molar-refractivity contribution in [1.82, 2.24) is 0 Å². The monoisotopic (exact) mass is 556 g/mol. The minimum Gasteiger partial charge on any atom is -0.478 e. The highest BCUT2D eigenvalue weighted by atomic mass is 127. The third kappa shape index (κ3) is 4.23. The predicted octanol–water partition coefficient (Wildman–Crippen LogP) is 4.00. The van der Waals surface area contributed by atoms with Crippen LogP contribution in [0, 0.1) is 7.14 Å². The number of benzene rings is 2. The Morgan fingerprint density at radius 2 is 1.65 bits per heavy atom. The Kier molecular flexibility index (Phi) is 5.68. The molecule has 0 fully saturated rings. The molecule has 0 saturated heterocycles. The fraction of sp³-hybridized carbons (Fsp3) is 0. The molecule has 2 rings (SSSR count). The van der Waals surface area contributed by atoms with E-state index in [1.54, 1.807) is 18.2 Å². The zero-order valence-electron chi connectivity index (χ0n) is 11.5. The molecule has 2 aromatic carbocycles. The summed E-state index contributed by atoms with van der Waals surface area (Å²) in [6.07, 6.45) is 1.60. The van der Waals surface area contributed by atoms with Gasteiger partial charge in [0.25, 0.3) is 0 Å². The molecule has 0 unspecified atom stereocenters. The molecule has 0 aliphatic rings. The Bertz CT molecular complexity index is 850. The molecule has 0 bridgehead atoms. The van der Waals surface area contributed by atoms with Gasteiger partial charge in [0.05, 0.1) is 12.7 Å². The van der Waals surface area contributed by atoms with E-state index in [1.807, 2.05) is 45.2 Å². The standard InChI is InChI=1S/C15H10I2O5S/c1-2-9-3-5-11(6-4-9)23(20,21)22-14-12(16)7-10(15(18)19)8-13(14)17/h2-8H,1H2,(H,18,19). The number of carboxylic acids is 1. The fourth-order valence-electron chi connectivity index (χ4n) is 1.69. The predicted molar refractivity (Wildman–Crippen MR) is 103 cm³/mol. The van der Waals surface area contributed by atoms with Gasteiger partial charge in [0, 0.05) is 0 Å². The first-order valence-corrected chi connectivity index (χ1v) is 9.70. The number of carboxylic acid groups (broad SMARTS) is 1. The van der Waals surface area contributed by atoms with Crippen LogP contribution in [0.25, 0.3) is 6.08 Å². The highest BCUT2D eigenvalue weighted by molar-refractivity contribution is 14.1. The summed E-state index contributed by atoms with van der Waals surface area (Å²) in [4.78, 5) is 11.0. The lowest BCUT2D eigenvalue weighted by Crippen LogP contribution is -2.12. The van der Waals surface area contributed by atoms with E-state index in [4.69, 9.17) is 9.29 Å². The molecule has 0 atom stereocenters. The maximum Gasteiger partial charge on any atom is 0.339 e. The number of carbonyl (C=O) groups is 1. The summed E-state index contributed by atoms with van der Waals surface area (Å²) in [7, 11) is -4.01. The van der Waals surface area contributed by atoms with Crippen LogP contribution in [0.1, 0.15) is 15.9 Å². The van der Waals surface area contributed by atoms with Crippen molar-refractivity contribution in [3.8, 4) is 5.75 Å². The SMILES string of the molecule is C=Cc1ccc(S(=O)(=O)Oc2c(I)cc(C(=O)O)cc2I)cc1. The van der Waals surface area contributed by atoms with Crippen molar-refractivity contribution < 1.29 is 22.5 Å². The van der Waals surface area contributed by atoms with Crippen LogP contribution in [-0.2, 0) is 10.1 Å². The van der Waals surface area contributed by atoms with Crippen LogP contribution in [0.4, 0.5) is 0 Å². The summed E-state index contributed by atoms with van der Waals surface area (Å²) < 4.78 is 30.7. The molecule has 2 aromatic rings. The summed E-state index contributed by atoms with van der Waals surface area (Å²) in [5.74, 6) is -0.973. The Morgan fingerprint density at radius 3 is 2.09 bits per heavy atom. The van der Waals surface area contributed by atoms with Crippen molar-refractivity contribution in [2.24, 2.45) is 0 Å². The molecule has 0 radical (unpaired) electrons. The maximum absolute atomic E-state index is 12.4. The molecule has 120 valence electrons. The van der Waals surface area contributed by atoms with E-state index < -0.39 is 16.1 Å². The van der Waals surface area contributed by atoms with E-state index in [9.17, 15) is 13.2 Å².